The molecule has 0 aromatic rings. The number of hydrogen-bond acceptors (Lipinski definition) is 5. The van der Waals surface area contributed by atoms with Gasteiger partial charge in [-0.15, -0.1) is 0 Å². The number of thioether (sulfide) groups is 1. The van der Waals surface area contributed by atoms with Gasteiger partial charge in [-0.2, -0.15) is 16.1 Å². The maximum Gasteiger partial charge on any atom is 0.304 e. The minimum absolute atomic E-state index is 0.0111. The molecule has 0 radical (unpaired) electrons. The molecule has 0 amide bonds. The van der Waals surface area contributed by atoms with Gasteiger partial charge in [0.1, 0.15) is 0 Å². The Hall–Kier alpha value is -0.310. The number of hydrogen-bond donors (Lipinski definition) is 1. The van der Waals surface area contributed by atoms with E-state index in [9.17, 15) is 13.2 Å². The first kappa shape index (κ1) is 16.1. The number of carboxylic acids is 1. The Balaban J connectivity index is 2.05. The lowest BCUT2D eigenvalue weighted by Crippen LogP contribution is -2.45. The molecule has 6 nitrogen and oxygen atoms in total. The fourth-order valence-corrected chi connectivity index (χ4v) is 5.57. The fourth-order valence-electron chi connectivity index (χ4n) is 2.56. The van der Waals surface area contributed by atoms with Crippen molar-refractivity contribution in [3.05, 3.63) is 0 Å². The van der Waals surface area contributed by atoms with Gasteiger partial charge in [0.25, 0.3) is 0 Å². The average Bonchev–Trinajstić information content (AvgIpc) is 3.06. The van der Waals surface area contributed by atoms with E-state index in [0.717, 1.165) is 30.8 Å². The normalized spacial score (nSPS) is 27.2. The molecule has 0 bridgehead atoms. The topological polar surface area (TPSA) is 83.9 Å². The fraction of sp³-hybridized carbons (Fsp3) is 0.917. The Labute approximate surface area is 123 Å². The standard InChI is InChI=1S/C12H21NO5S2/c14-12(15)4-7-20(16,17)13(10-3-6-19-9-10)8-11-2-1-5-18-11/h10-11H,1-9H2,(H,14,15). The van der Waals surface area contributed by atoms with E-state index in [1.165, 1.54) is 4.31 Å². The molecular formula is C12H21NO5S2. The van der Waals surface area contributed by atoms with Crippen molar-refractivity contribution in [2.24, 2.45) is 0 Å². The molecule has 1 N–H and O–H groups in total. The predicted octanol–water partition coefficient (Wildman–Crippen LogP) is 0.777. The van der Waals surface area contributed by atoms with Gasteiger partial charge in [0.2, 0.25) is 10.0 Å². The van der Waals surface area contributed by atoms with Gasteiger partial charge in [0.15, 0.2) is 0 Å². The zero-order chi connectivity index (χ0) is 14.6. The summed E-state index contributed by atoms with van der Waals surface area (Å²) in [5.41, 5.74) is 0. The van der Waals surface area contributed by atoms with Crippen LogP contribution in [0.15, 0.2) is 0 Å². The zero-order valence-electron chi connectivity index (χ0n) is 11.4. The maximum atomic E-state index is 12.4. The summed E-state index contributed by atoms with van der Waals surface area (Å²) in [7, 11) is -3.53. The largest absolute Gasteiger partial charge is 0.481 e. The Bertz CT molecular complexity index is 427. The van der Waals surface area contributed by atoms with E-state index in [-0.39, 0.29) is 24.3 Å². The Morgan fingerprint density at radius 2 is 2.20 bits per heavy atom. The molecule has 0 spiro atoms. The van der Waals surface area contributed by atoms with Crippen molar-refractivity contribution in [3.63, 3.8) is 0 Å². The van der Waals surface area contributed by atoms with Gasteiger partial charge in [-0.05, 0) is 25.0 Å². The van der Waals surface area contributed by atoms with Gasteiger partial charge >= 0.3 is 5.97 Å². The van der Waals surface area contributed by atoms with E-state index in [4.69, 9.17) is 9.84 Å². The highest BCUT2D eigenvalue weighted by atomic mass is 32.2. The molecule has 2 unspecified atom stereocenters. The first-order valence-electron chi connectivity index (χ1n) is 6.90. The van der Waals surface area contributed by atoms with Crippen LogP contribution in [0, 0.1) is 0 Å². The molecule has 2 saturated heterocycles. The second-order valence-electron chi connectivity index (χ2n) is 5.18. The highest BCUT2D eigenvalue weighted by molar-refractivity contribution is 7.99. The lowest BCUT2D eigenvalue weighted by Gasteiger charge is -2.29. The smallest absolute Gasteiger partial charge is 0.304 e. The van der Waals surface area contributed by atoms with Crippen LogP contribution < -0.4 is 0 Å². The summed E-state index contributed by atoms with van der Waals surface area (Å²) in [6.45, 7) is 1.06. The maximum absolute atomic E-state index is 12.4. The van der Waals surface area contributed by atoms with Crippen molar-refractivity contribution in [1.29, 1.82) is 0 Å². The number of nitrogens with zero attached hydrogens (tertiary/aromatic N) is 1. The number of rotatable bonds is 7. The molecule has 0 aromatic carbocycles. The number of ether oxygens (including phenoxy) is 1. The van der Waals surface area contributed by atoms with Crippen molar-refractivity contribution >= 4 is 27.8 Å². The second kappa shape index (κ2) is 7.11. The van der Waals surface area contributed by atoms with Gasteiger partial charge < -0.3 is 9.84 Å². The highest BCUT2D eigenvalue weighted by Gasteiger charge is 2.35. The summed E-state index contributed by atoms with van der Waals surface area (Å²) in [6.07, 6.45) is 2.30. The van der Waals surface area contributed by atoms with Crippen molar-refractivity contribution < 1.29 is 23.1 Å². The highest BCUT2D eigenvalue weighted by Crippen LogP contribution is 2.27. The third kappa shape index (κ3) is 4.34. The summed E-state index contributed by atoms with van der Waals surface area (Å²) < 4.78 is 31.9. The molecule has 2 aliphatic rings. The summed E-state index contributed by atoms with van der Waals surface area (Å²) in [6, 6.07) is -0.0111. The van der Waals surface area contributed by atoms with Crippen LogP contribution in [0.2, 0.25) is 0 Å². The van der Waals surface area contributed by atoms with Gasteiger partial charge in [-0.1, -0.05) is 0 Å². The molecule has 2 atom stereocenters. The minimum Gasteiger partial charge on any atom is -0.481 e. The molecular weight excluding hydrogens is 302 g/mol. The Morgan fingerprint density at radius 1 is 1.40 bits per heavy atom. The molecule has 0 aromatic heterocycles. The van der Waals surface area contributed by atoms with Crippen molar-refractivity contribution in [2.75, 3.05) is 30.4 Å². The third-order valence-electron chi connectivity index (χ3n) is 3.65. The number of sulfonamides is 1. The lowest BCUT2D eigenvalue weighted by molar-refractivity contribution is -0.136. The first-order chi connectivity index (χ1) is 9.49. The second-order valence-corrected chi connectivity index (χ2v) is 8.37. The monoisotopic (exact) mass is 323 g/mol. The molecule has 116 valence electrons. The predicted molar refractivity (Wildman–Crippen MR) is 77.4 cm³/mol. The molecule has 0 aliphatic carbocycles. The molecule has 2 aliphatic heterocycles. The minimum atomic E-state index is -3.53. The van der Waals surface area contributed by atoms with Crippen LogP contribution in [0.25, 0.3) is 0 Å². The van der Waals surface area contributed by atoms with Crippen molar-refractivity contribution in [2.45, 2.75) is 37.8 Å². The Kier molecular flexibility index (Phi) is 5.71. The van der Waals surface area contributed by atoms with Crippen LogP contribution in [-0.4, -0.2) is 66.4 Å². The van der Waals surface area contributed by atoms with Crippen LogP contribution in [-0.2, 0) is 19.6 Å². The Morgan fingerprint density at radius 3 is 2.75 bits per heavy atom. The van der Waals surface area contributed by atoms with Crippen LogP contribution in [0.5, 0.6) is 0 Å². The van der Waals surface area contributed by atoms with Gasteiger partial charge in [-0.3, -0.25) is 4.79 Å². The van der Waals surface area contributed by atoms with Crippen molar-refractivity contribution in [1.82, 2.24) is 4.31 Å². The quantitative estimate of drug-likeness (QED) is 0.745. The third-order valence-corrected chi connectivity index (χ3v) is 6.68. The van der Waals surface area contributed by atoms with Crippen LogP contribution in [0.3, 0.4) is 0 Å². The van der Waals surface area contributed by atoms with Gasteiger partial charge in [0.05, 0.1) is 18.3 Å². The van der Waals surface area contributed by atoms with Crippen LogP contribution in [0.1, 0.15) is 25.7 Å². The lowest BCUT2D eigenvalue weighted by atomic mass is 10.2. The van der Waals surface area contributed by atoms with Gasteiger partial charge in [0, 0.05) is 24.9 Å². The number of carboxylic acid groups (broad SMARTS) is 1. The molecule has 20 heavy (non-hydrogen) atoms. The van der Waals surface area contributed by atoms with E-state index in [1.54, 1.807) is 11.8 Å². The van der Waals surface area contributed by atoms with E-state index >= 15 is 0 Å². The molecule has 2 fully saturated rings. The van der Waals surface area contributed by atoms with Crippen LogP contribution in [0.4, 0.5) is 0 Å². The first-order valence-corrected chi connectivity index (χ1v) is 9.66. The number of carbonyl (C=O) groups is 1. The summed E-state index contributed by atoms with van der Waals surface area (Å²) in [5.74, 6) is 0.350. The van der Waals surface area contributed by atoms with Crippen LogP contribution >= 0.6 is 11.8 Å². The molecule has 2 rings (SSSR count). The van der Waals surface area contributed by atoms with E-state index in [1.807, 2.05) is 0 Å². The van der Waals surface area contributed by atoms with E-state index in [2.05, 4.69) is 0 Å². The van der Waals surface area contributed by atoms with E-state index in [0.29, 0.717) is 13.2 Å². The SMILES string of the molecule is O=C(O)CCS(=O)(=O)N(CC1CCCO1)C1CCSC1. The molecule has 8 heteroatoms. The molecule has 0 saturated carbocycles. The van der Waals surface area contributed by atoms with Gasteiger partial charge in [-0.25, -0.2) is 8.42 Å². The van der Waals surface area contributed by atoms with E-state index < -0.39 is 16.0 Å². The summed E-state index contributed by atoms with van der Waals surface area (Å²) in [5, 5.41) is 8.70. The number of aliphatic carboxylic acids is 1. The average molecular weight is 323 g/mol. The summed E-state index contributed by atoms with van der Waals surface area (Å²) in [4.78, 5) is 10.6. The summed E-state index contributed by atoms with van der Waals surface area (Å²) >= 11 is 1.75. The molecule has 2 heterocycles. The zero-order valence-corrected chi connectivity index (χ0v) is 13.0. The van der Waals surface area contributed by atoms with Crippen molar-refractivity contribution in [3.8, 4) is 0 Å².